The second kappa shape index (κ2) is 5.27. The van der Waals surface area contributed by atoms with Crippen molar-refractivity contribution in [3.05, 3.63) is 22.6 Å². The van der Waals surface area contributed by atoms with Gasteiger partial charge in [-0.15, -0.1) is 0 Å². The summed E-state index contributed by atoms with van der Waals surface area (Å²) in [6, 6.07) is 2.04. The van der Waals surface area contributed by atoms with E-state index in [1.165, 1.54) is 6.26 Å². The monoisotopic (exact) mass is 331 g/mol. The first-order valence-electron chi connectivity index (χ1n) is 6.00. The van der Waals surface area contributed by atoms with E-state index in [0.29, 0.717) is 21.5 Å². The van der Waals surface area contributed by atoms with Crippen molar-refractivity contribution >= 4 is 33.6 Å². The van der Waals surface area contributed by atoms with Crippen molar-refractivity contribution in [2.24, 2.45) is 0 Å². The van der Waals surface area contributed by atoms with Crippen LogP contribution in [0.3, 0.4) is 0 Å². The highest BCUT2D eigenvalue weighted by Gasteiger charge is 2.37. The summed E-state index contributed by atoms with van der Waals surface area (Å²) >= 11 is 5.15. The van der Waals surface area contributed by atoms with Gasteiger partial charge >= 0.3 is 0 Å². The number of rotatable bonds is 1. The first kappa shape index (κ1) is 12.6. The molecule has 18 heavy (non-hydrogen) atoms. The lowest BCUT2D eigenvalue weighted by molar-refractivity contribution is 0.0319. The number of carbonyl (C=O) groups is 1. The number of hydrogen-bond acceptors (Lipinski definition) is 4. The third kappa shape index (κ3) is 2.33. The van der Waals surface area contributed by atoms with Crippen LogP contribution in [0.15, 0.2) is 21.4 Å². The zero-order valence-corrected chi connectivity index (χ0v) is 12.2. The van der Waals surface area contributed by atoms with Gasteiger partial charge in [0.25, 0.3) is 5.91 Å². The van der Waals surface area contributed by atoms with E-state index in [-0.39, 0.29) is 5.91 Å². The molecule has 2 aliphatic heterocycles. The zero-order valence-electron chi connectivity index (χ0n) is 9.80. The van der Waals surface area contributed by atoms with Gasteiger partial charge in [-0.25, -0.2) is 0 Å². The van der Waals surface area contributed by atoms with Crippen LogP contribution in [0.2, 0.25) is 0 Å². The minimum atomic E-state index is 0.0710. The van der Waals surface area contributed by atoms with Crippen molar-refractivity contribution in [3.63, 3.8) is 0 Å². The molecule has 2 aliphatic rings. The molecule has 0 N–H and O–H groups in total. The fraction of sp³-hybridized carbons (Fsp3) is 0.583. The fourth-order valence-corrected chi connectivity index (χ4v) is 4.17. The Balaban J connectivity index is 1.79. The average molecular weight is 332 g/mol. The van der Waals surface area contributed by atoms with Gasteiger partial charge in [0.1, 0.15) is 6.26 Å². The lowest BCUT2D eigenvalue weighted by atomic mass is 10.1. The van der Waals surface area contributed by atoms with E-state index < -0.39 is 0 Å². The maximum absolute atomic E-state index is 12.5. The standard InChI is InChI=1S/C12H14BrNO3S/c13-11-5-8(6-17-11)12(15)14-2-4-18-10-7-16-3-1-9(10)14/h5-6,9-10H,1-4,7H2/t9-,10+/m1/s1. The molecule has 2 fully saturated rings. The summed E-state index contributed by atoms with van der Waals surface area (Å²) in [7, 11) is 0. The van der Waals surface area contributed by atoms with Gasteiger partial charge in [-0.05, 0) is 22.4 Å². The van der Waals surface area contributed by atoms with Gasteiger partial charge in [0.2, 0.25) is 0 Å². The smallest absolute Gasteiger partial charge is 0.257 e. The predicted octanol–water partition coefficient (Wildman–Crippen LogP) is 2.39. The van der Waals surface area contributed by atoms with Crippen molar-refractivity contribution in [3.8, 4) is 0 Å². The number of carbonyl (C=O) groups excluding carboxylic acids is 1. The van der Waals surface area contributed by atoms with Gasteiger partial charge < -0.3 is 14.1 Å². The molecule has 3 rings (SSSR count). The van der Waals surface area contributed by atoms with Crippen LogP contribution >= 0.6 is 27.7 Å². The number of fused-ring (bicyclic) bond motifs is 1. The number of halogens is 1. The summed E-state index contributed by atoms with van der Waals surface area (Å²) in [4.78, 5) is 14.5. The van der Waals surface area contributed by atoms with E-state index in [9.17, 15) is 4.79 Å². The Bertz CT molecular complexity index is 448. The predicted molar refractivity (Wildman–Crippen MR) is 72.9 cm³/mol. The summed E-state index contributed by atoms with van der Waals surface area (Å²) < 4.78 is 11.2. The molecule has 0 aliphatic carbocycles. The number of hydrogen-bond donors (Lipinski definition) is 0. The molecule has 6 heteroatoms. The number of nitrogens with zero attached hydrogens (tertiary/aromatic N) is 1. The van der Waals surface area contributed by atoms with Crippen LogP contribution in [0.5, 0.6) is 0 Å². The molecule has 4 nitrogen and oxygen atoms in total. The highest BCUT2D eigenvalue weighted by atomic mass is 79.9. The summed E-state index contributed by atoms with van der Waals surface area (Å²) in [5.41, 5.74) is 0.624. The molecule has 0 radical (unpaired) electrons. The van der Waals surface area contributed by atoms with E-state index in [4.69, 9.17) is 9.15 Å². The van der Waals surface area contributed by atoms with Crippen LogP contribution in [0.25, 0.3) is 0 Å². The molecular formula is C12H14BrNO3S. The molecule has 98 valence electrons. The second-order valence-electron chi connectivity index (χ2n) is 4.48. The van der Waals surface area contributed by atoms with Crippen LogP contribution in [0, 0.1) is 0 Å². The van der Waals surface area contributed by atoms with Crippen LogP contribution in [-0.4, -0.2) is 47.6 Å². The Kier molecular flexibility index (Phi) is 3.68. The number of amides is 1. The number of thioether (sulfide) groups is 1. The molecule has 0 unspecified atom stereocenters. The summed E-state index contributed by atoms with van der Waals surface area (Å²) in [5.74, 6) is 1.05. The first-order valence-corrected chi connectivity index (χ1v) is 7.84. The normalized spacial score (nSPS) is 27.9. The van der Waals surface area contributed by atoms with Crippen molar-refractivity contribution in [1.29, 1.82) is 0 Å². The van der Waals surface area contributed by atoms with E-state index >= 15 is 0 Å². The summed E-state index contributed by atoms with van der Waals surface area (Å²) in [6.07, 6.45) is 2.45. The maximum atomic E-state index is 12.5. The van der Waals surface area contributed by atoms with Gasteiger partial charge in [-0.3, -0.25) is 4.79 Å². The zero-order chi connectivity index (χ0) is 12.5. The molecule has 0 saturated carbocycles. The highest BCUT2D eigenvalue weighted by molar-refractivity contribution is 9.10. The Morgan fingerprint density at radius 3 is 3.22 bits per heavy atom. The molecule has 0 spiro atoms. The van der Waals surface area contributed by atoms with Crippen LogP contribution < -0.4 is 0 Å². The summed E-state index contributed by atoms with van der Waals surface area (Å²) in [5, 5.41) is 0.423. The molecule has 1 amide bonds. The highest BCUT2D eigenvalue weighted by Crippen LogP contribution is 2.31. The van der Waals surface area contributed by atoms with Gasteiger partial charge in [0, 0.05) is 36.3 Å². The van der Waals surface area contributed by atoms with Crippen LogP contribution in [0.1, 0.15) is 16.8 Å². The molecule has 0 aromatic carbocycles. The topological polar surface area (TPSA) is 42.7 Å². The molecule has 3 heterocycles. The largest absolute Gasteiger partial charge is 0.457 e. The third-order valence-corrected chi connectivity index (χ3v) is 5.12. The van der Waals surface area contributed by atoms with Gasteiger partial charge in [0.15, 0.2) is 4.67 Å². The van der Waals surface area contributed by atoms with Crippen molar-refractivity contribution in [1.82, 2.24) is 4.90 Å². The molecular weight excluding hydrogens is 318 g/mol. The fourth-order valence-electron chi connectivity index (χ4n) is 2.52. The van der Waals surface area contributed by atoms with Gasteiger partial charge in [0.05, 0.1) is 12.2 Å². The Labute approximate surface area is 118 Å². The SMILES string of the molecule is O=C(c1coc(Br)c1)N1CCS[C@H]2COCC[C@H]21. The molecule has 1 aromatic heterocycles. The minimum Gasteiger partial charge on any atom is -0.457 e. The van der Waals surface area contributed by atoms with E-state index in [1.54, 1.807) is 6.07 Å². The quantitative estimate of drug-likeness (QED) is 0.792. The Hall–Kier alpha value is -0.460. The van der Waals surface area contributed by atoms with Crippen molar-refractivity contribution in [2.45, 2.75) is 17.7 Å². The van der Waals surface area contributed by atoms with Crippen molar-refractivity contribution in [2.75, 3.05) is 25.5 Å². The number of ether oxygens (including phenoxy) is 1. The van der Waals surface area contributed by atoms with Crippen molar-refractivity contribution < 1.29 is 13.9 Å². The van der Waals surface area contributed by atoms with Gasteiger partial charge in [-0.1, -0.05) is 0 Å². The first-order chi connectivity index (χ1) is 8.75. The molecule has 1 aromatic rings. The van der Waals surface area contributed by atoms with E-state index in [2.05, 4.69) is 15.9 Å². The summed E-state index contributed by atoms with van der Waals surface area (Å²) in [6.45, 7) is 2.32. The van der Waals surface area contributed by atoms with E-state index in [0.717, 1.165) is 31.9 Å². The van der Waals surface area contributed by atoms with Crippen LogP contribution in [0.4, 0.5) is 0 Å². The average Bonchev–Trinajstić information content (AvgIpc) is 2.84. The number of furan rings is 1. The lowest BCUT2D eigenvalue weighted by Crippen LogP contribution is -2.54. The second-order valence-corrected chi connectivity index (χ2v) is 6.61. The Morgan fingerprint density at radius 1 is 1.56 bits per heavy atom. The van der Waals surface area contributed by atoms with Crippen LogP contribution in [-0.2, 0) is 4.74 Å². The molecule has 2 atom stereocenters. The lowest BCUT2D eigenvalue weighted by Gasteiger charge is -2.43. The molecule has 0 bridgehead atoms. The van der Waals surface area contributed by atoms with Gasteiger partial charge in [-0.2, -0.15) is 11.8 Å². The minimum absolute atomic E-state index is 0.0710. The molecule has 2 saturated heterocycles. The van der Waals surface area contributed by atoms with E-state index in [1.807, 2.05) is 16.7 Å². The maximum Gasteiger partial charge on any atom is 0.257 e. The Morgan fingerprint density at radius 2 is 2.44 bits per heavy atom. The third-order valence-electron chi connectivity index (χ3n) is 3.41.